The van der Waals surface area contributed by atoms with Crippen molar-refractivity contribution < 1.29 is 0 Å². The van der Waals surface area contributed by atoms with Crippen molar-refractivity contribution >= 4 is 0 Å². The molecule has 0 aliphatic carbocycles. The van der Waals surface area contributed by atoms with Crippen molar-refractivity contribution in [3.05, 3.63) is 30.1 Å². The first-order chi connectivity index (χ1) is 8.47. The van der Waals surface area contributed by atoms with Crippen molar-refractivity contribution in [1.29, 1.82) is 0 Å². The van der Waals surface area contributed by atoms with Crippen molar-refractivity contribution in [2.75, 3.05) is 26.7 Å². The third kappa shape index (κ3) is 7.41. The molecule has 1 N–H and O–H groups in total. The smallest absolute Gasteiger partial charge is 0.0416 e. The van der Waals surface area contributed by atoms with Crippen LogP contribution in [0.3, 0.4) is 0 Å². The molecule has 3 heteroatoms. The Morgan fingerprint density at radius 2 is 2.00 bits per heavy atom. The third-order valence-electron chi connectivity index (χ3n) is 2.85. The van der Waals surface area contributed by atoms with Gasteiger partial charge in [0.25, 0.3) is 0 Å². The molecule has 1 rings (SSSR count). The van der Waals surface area contributed by atoms with Gasteiger partial charge in [0.15, 0.2) is 0 Å². The zero-order valence-corrected chi connectivity index (χ0v) is 12.2. The molecule has 0 aliphatic heterocycles. The van der Waals surface area contributed by atoms with E-state index in [1.165, 1.54) is 12.1 Å². The van der Waals surface area contributed by atoms with Crippen molar-refractivity contribution in [1.82, 2.24) is 15.2 Å². The standard InChI is InChI=1S/C15H27N3/c1-15(2,3)17-11-7-12-18(4)13-9-14-8-5-6-10-16-14/h5-6,8,10,17H,7,9,11-13H2,1-4H3. The van der Waals surface area contributed by atoms with Crippen LogP contribution in [0, 0.1) is 0 Å². The molecule has 0 saturated carbocycles. The fraction of sp³-hybridized carbons (Fsp3) is 0.667. The van der Waals surface area contributed by atoms with Gasteiger partial charge in [0.1, 0.15) is 0 Å². The number of nitrogens with zero attached hydrogens (tertiary/aromatic N) is 2. The van der Waals surface area contributed by atoms with Crippen LogP contribution in [-0.4, -0.2) is 42.1 Å². The van der Waals surface area contributed by atoms with Crippen LogP contribution in [0.5, 0.6) is 0 Å². The van der Waals surface area contributed by atoms with Crippen LogP contribution >= 0.6 is 0 Å². The molecule has 1 heterocycles. The second-order valence-electron chi connectivity index (χ2n) is 5.90. The van der Waals surface area contributed by atoms with E-state index in [9.17, 15) is 0 Å². The lowest BCUT2D eigenvalue weighted by molar-refractivity contribution is 0.319. The zero-order chi connectivity index (χ0) is 13.4. The van der Waals surface area contributed by atoms with Gasteiger partial charge in [-0.1, -0.05) is 6.07 Å². The first-order valence-electron chi connectivity index (χ1n) is 6.81. The number of nitrogens with one attached hydrogen (secondary N) is 1. The van der Waals surface area contributed by atoms with E-state index in [2.05, 4.69) is 55.2 Å². The van der Waals surface area contributed by atoms with Gasteiger partial charge in [0, 0.05) is 30.4 Å². The predicted molar refractivity (Wildman–Crippen MR) is 77.8 cm³/mol. The second kappa shape index (κ2) is 7.49. The molecule has 0 aromatic carbocycles. The summed E-state index contributed by atoms with van der Waals surface area (Å²) in [5, 5.41) is 3.51. The summed E-state index contributed by atoms with van der Waals surface area (Å²) in [6, 6.07) is 6.11. The van der Waals surface area contributed by atoms with Crippen molar-refractivity contribution in [3.8, 4) is 0 Å². The largest absolute Gasteiger partial charge is 0.312 e. The highest BCUT2D eigenvalue weighted by Gasteiger charge is 2.07. The van der Waals surface area contributed by atoms with Crippen LogP contribution in [0.4, 0.5) is 0 Å². The molecule has 0 fully saturated rings. The minimum absolute atomic E-state index is 0.229. The molecule has 1 aromatic heterocycles. The van der Waals surface area contributed by atoms with E-state index in [1.807, 2.05) is 12.3 Å². The average Bonchev–Trinajstić information content (AvgIpc) is 2.32. The maximum absolute atomic E-state index is 4.34. The lowest BCUT2D eigenvalue weighted by Crippen LogP contribution is -2.37. The molecule has 102 valence electrons. The molecule has 0 unspecified atom stereocenters. The Balaban J connectivity index is 2.09. The van der Waals surface area contributed by atoms with Crippen LogP contribution in [-0.2, 0) is 6.42 Å². The Bertz CT molecular complexity index is 316. The summed E-state index contributed by atoms with van der Waals surface area (Å²) < 4.78 is 0. The lowest BCUT2D eigenvalue weighted by atomic mass is 10.1. The van der Waals surface area contributed by atoms with E-state index >= 15 is 0 Å². The number of aromatic nitrogens is 1. The fourth-order valence-corrected chi connectivity index (χ4v) is 1.78. The maximum atomic E-state index is 4.34. The molecule has 0 atom stereocenters. The van der Waals surface area contributed by atoms with Gasteiger partial charge in [-0.3, -0.25) is 4.98 Å². The highest BCUT2D eigenvalue weighted by molar-refractivity contribution is 5.03. The summed E-state index contributed by atoms with van der Waals surface area (Å²) in [5.74, 6) is 0. The highest BCUT2D eigenvalue weighted by atomic mass is 15.1. The van der Waals surface area contributed by atoms with Gasteiger partial charge in [0.2, 0.25) is 0 Å². The Labute approximate surface area is 112 Å². The van der Waals surface area contributed by atoms with Gasteiger partial charge in [-0.25, -0.2) is 0 Å². The zero-order valence-electron chi connectivity index (χ0n) is 12.2. The van der Waals surface area contributed by atoms with Gasteiger partial charge >= 0.3 is 0 Å². The molecule has 0 saturated heterocycles. The average molecular weight is 249 g/mol. The number of pyridine rings is 1. The van der Waals surface area contributed by atoms with Crippen molar-refractivity contribution in [2.24, 2.45) is 0 Å². The van der Waals surface area contributed by atoms with Crippen molar-refractivity contribution in [2.45, 2.75) is 39.2 Å². The van der Waals surface area contributed by atoms with Crippen molar-refractivity contribution in [3.63, 3.8) is 0 Å². The van der Waals surface area contributed by atoms with Crippen LogP contribution in [0.25, 0.3) is 0 Å². The number of hydrogen-bond acceptors (Lipinski definition) is 3. The van der Waals surface area contributed by atoms with E-state index in [0.717, 1.165) is 26.1 Å². The minimum Gasteiger partial charge on any atom is -0.312 e. The monoisotopic (exact) mass is 249 g/mol. The molecule has 0 aliphatic rings. The first-order valence-corrected chi connectivity index (χ1v) is 6.81. The van der Waals surface area contributed by atoms with Crippen LogP contribution in [0.15, 0.2) is 24.4 Å². The van der Waals surface area contributed by atoms with E-state index in [4.69, 9.17) is 0 Å². The van der Waals surface area contributed by atoms with E-state index in [1.54, 1.807) is 0 Å². The Hall–Kier alpha value is -0.930. The predicted octanol–water partition coefficient (Wildman–Crippen LogP) is 2.33. The highest BCUT2D eigenvalue weighted by Crippen LogP contribution is 1.99. The quantitative estimate of drug-likeness (QED) is 0.752. The first kappa shape index (κ1) is 15.1. The SMILES string of the molecule is CN(CCCNC(C)(C)C)CCc1ccccn1. The Morgan fingerprint density at radius 3 is 2.61 bits per heavy atom. The third-order valence-corrected chi connectivity index (χ3v) is 2.85. The van der Waals surface area contributed by atoms with Gasteiger partial charge in [-0.05, 0) is 59.5 Å². The van der Waals surface area contributed by atoms with Crippen LogP contribution in [0.2, 0.25) is 0 Å². The maximum Gasteiger partial charge on any atom is 0.0416 e. The molecular weight excluding hydrogens is 222 g/mol. The summed E-state index contributed by atoms with van der Waals surface area (Å²) in [6.07, 6.45) is 4.09. The number of likely N-dealkylation sites (N-methyl/N-ethyl adjacent to an activating group) is 1. The lowest BCUT2D eigenvalue weighted by Gasteiger charge is -2.22. The summed E-state index contributed by atoms with van der Waals surface area (Å²) in [4.78, 5) is 6.71. The molecule has 0 amide bonds. The molecule has 18 heavy (non-hydrogen) atoms. The number of rotatable bonds is 7. The van der Waals surface area contributed by atoms with Gasteiger partial charge < -0.3 is 10.2 Å². The van der Waals surface area contributed by atoms with E-state index in [-0.39, 0.29) is 5.54 Å². The molecular formula is C15H27N3. The molecule has 1 aromatic rings. The second-order valence-corrected chi connectivity index (χ2v) is 5.90. The minimum atomic E-state index is 0.229. The van der Waals surface area contributed by atoms with Gasteiger partial charge in [0.05, 0.1) is 0 Å². The normalized spacial score (nSPS) is 12.1. The summed E-state index contributed by atoms with van der Waals surface area (Å²) >= 11 is 0. The van der Waals surface area contributed by atoms with Gasteiger partial charge in [-0.2, -0.15) is 0 Å². The molecule has 3 nitrogen and oxygen atoms in total. The topological polar surface area (TPSA) is 28.2 Å². The van der Waals surface area contributed by atoms with Crippen LogP contribution < -0.4 is 5.32 Å². The summed E-state index contributed by atoms with van der Waals surface area (Å²) in [6.45, 7) is 9.91. The van der Waals surface area contributed by atoms with Crippen LogP contribution in [0.1, 0.15) is 32.9 Å². The summed E-state index contributed by atoms with van der Waals surface area (Å²) in [5.41, 5.74) is 1.41. The van der Waals surface area contributed by atoms with E-state index in [0.29, 0.717) is 0 Å². The van der Waals surface area contributed by atoms with E-state index < -0.39 is 0 Å². The summed E-state index contributed by atoms with van der Waals surface area (Å²) in [7, 11) is 2.18. The molecule has 0 bridgehead atoms. The Kier molecular flexibility index (Phi) is 6.30. The fourth-order valence-electron chi connectivity index (χ4n) is 1.78. The molecule has 0 spiro atoms. The number of hydrogen-bond donors (Lipinski definition) is 1. The Morgan fingerprint density at radius 1 is 1.22 bits per heavy atom. The van der Waals surface area contributed by atoms with Gasteiger partial charge in [-0.15, -0.1) is 0 Å². The molecule has 0 radical (unpaired) electrons.